The van der Waals surface area contributed by atoms with Crippen LogP contribution in [0.3, 0.4) is 0 Å². The fourth-order valence-electron chi connectivity index (χ4n) is 3.59. The lowest BCUT2D eigenvalue weighted by Gasteiger charge is -2.34. The Kier molecular flexibility index (Phi) is 7.29. The van der Waals surface area contributed by atoms with Crippen molar-refractivity contribution in [2.45, 2.75) is 27.3 Å². The highest BCUT2D eigenvalue weighted by atomic mass is 16.3. The van der Waals surface area contributed by atoms with Gasteiger partial charge in [0.15, 0.2) is 0 Å². The Labute approximate surface area is 178 Å². The van der Waals surface area contributed by atoms with Gasteiger partial charge in [-0.2, -0.15) is 0 Å². The summed E-state index contributed by atoms with van der Waals surface area (Å²) in [5, 5.41) is 3.02. The van der Waals surface area contributed by atoms with Crippen molar-refractivity contribution in [3.05, 3.63) is 53.0 Å². The summed E-state index contributed by atoms with van der Waals surface area (Å²) in [6, 6.07) is 9.74. The highest BCUT2D eigenvalue weighted by molar-refractivity contribution is 5.93. The summed E-state index contributed by atoms with van der Waals surface area (Å²) in [7, 11) is 1.80. The van der Waals surface area contributed by atoms with Gasteiger partial charge in [0.25, 0.3) is 0 Å². The van der Waals surface area contributed by atoms with E-state index in [2.05, 4.69) is 15.1 Å². The third-order valence-electron chi connectivity index (χ3n) is 5.68. The summed E-state index contributed by atoms with van der Waals surface area (Å²) in [4.78, 5) is 30.9. The summed E-state index contributed by atoms with van der Waals surface area (Å²) in [6.07, 6.45) is 0. The molecule has 1 aliphatic heterocycles. The zero-order chi connectivity index (χ0) is 21.7. The molecule has 2 aromatic rings. The Bertz CT molecular complexity index is 884. The molecule has 1 aliphatic rings. The van der Waals surface area contributed by atoms with Gasteiger partial charge in [-0.25, -0.2) is 0 Å². The number of amides is 2. The zero-order valence-corrected chi connectivity index (χ0v) is 18.4. The second-order valence-corrected chi connectivity index (χ2v) is 8.11. The molecule has 1 saturated heterocycles. The van der Waals surface area contributed by atoms with Crippen molar-refractivity contribution < 1.29 is 14.0 Å². The summed E-state index contributed by atoms with van der Waals surface area (Å²) < 4.78 is 5.55. The number of nitrogens with zero attached hydrogens (tertiary/aromatic N) is 3. The second-order valence-electron chi connectivity index (χ2n) is 8.11. The molecule has 2 amide bonds. The number of likely N-dealkylation sites (N-methyl/N-ethyl adjacent to an activating group) is 1. The topological polar surface area (TPSA) is 69.0 Å². The van der Waals surface area contributed by atoms with Crippen LogP contribution in [0.1, 0.15) is 22.6 Å². The lowest BCUT2D eigenvalue weighted by Crippen LogP contribution is -2.51. The van der Waals surface area contributed by atoms with Gasteiger partial charge in [-0.1, -0.05) is 12.1 Å². The molecule has 7 heteroatoms. The predicted octanol–water partition coefficient (Wildman–Crippen LogP) is 2.42. The van der Waals surface area contributed by atoms with Crippen LogP contribution in [0.4, 0.5) is 5.69 Å². The molecule has 1 aromatic heterocycles. The molecule has 1 aromatic carbocycles. The normalized spacial score (nSPS) is 15.2. The van der Waals surface area contributed by atoms with Crippen LogP contribution in [0.25, 0.3) is 0 Å². The van der Waals surface area contributed by atoms with E-state index in [4.69, 9.17) is 4.42 Å². The zero-order valence-electron chi connectivity index (χ0n) is 18.4. The maximum absolute atomic E-state index is 12.5. The minimum Gasteiger partial charge on any atom is -0.464 e. The summed E-state index contributed by atoms with van der Waals surface area (Å²) >= 11 is 0. The first-order chi connectivity index (χ1) is 14.3. The van der Waals surface area contributed by atoms with Gasteiger partial charge in [-0.15, -0.1) is 0 Å². The number of rotatable bonds is 7. The maximum Gasteiger partial charge on any atom is 0.238 e. The SMILES string of the molecule is Cc1ccc(CN(C)C(=O)CN2CCN(CC(=O)Nc3cccc(C)c3C)CC2)o1. The van der Waals surface area contributed by atoms with E-state index in [1.165, 1.54) is 5.56 Å². The van der Waals surface area contributed by atoms with Crippen molar-refractivity contribution in [1.29, 1.82) is 0 Å². The molecule has 30 heavy (non-hydrogen) atoms. The standard InChI is InChI=1S/C23H32N4O3/c1-17-6-5-7-21(19(17)3)24-22(28)15-26-10-12-27(13-11-26)16-23(29)25(4)14-20-9-8-18(2)30-20/h5-9H,10-16H2,1-4H3,(H,24,28). The second kappa shape index (κ2) is 9.91. The van der Waals surface area contributed by atoms with E-state index in [0.29, 0.717) is 19.6 Å². The summed E-state index contributed by atoms with van der Waals surface area (Å²) in [5.74, 6) is 1.72. The van der Waals surface area contributed by atoms with Crippen molar-refractivity contribution in [3.8, 4) is 0 Å². The third-order valence-corrected chi connectivity index (χ3v) is 5.68. The van der Waals surface area contributed by atoms with Crippen molar-refractivity contribution >= 4 is 17.5 Å². The van der Waals surface area contributed by atoms with Crippen LogP contribution in [0.2, 0.25) is 0 Å². The molecule has 7 nitrogen and oxygen atoms in total. The Balaban J connectivity index is 1.40. The number of piperazine rings is 1. The van der Waals surface area contributed by atoms with E-state index in [1.807, 2.05) is 51.1 Å². The van der Waals surface area contributed by atoms with E-state index in [-0.39, 0.29) is 11.8 Å². The number of aryl methyl sites for hydroxylation is 2. The van der Waals surface area contributed by atoms with Gasteiger partial charge in [0.2, 0.25) is 11.8 Å². The van der Waals surface area contributed by atoms with Crippen molar-refractivity contribution in [2.75, 3.05) is 51.6 Å². The monoisotopic (exact) mass is 412 g/mol. The Morgan fingerprint density at radius 1 is 1.00 bits per heavy atom. The molecule has 0 bridgehead atoms. The van der Waals surface area contributed by atoms with E-state index in [1.54, 1.807) is 11.9 Å². The molecular formula is C23H32N4O3. The quantitative estimate of drug-likeness (QED) is 0.756. The molecule has 0 saturated carbocycles. The number of furan rings is 1. The third kappa shape index (κ3) is 5.93. The highest BCUT2D eigenvalue weighted by Crippen LogP contribution is 2.18. The molecule has 1 fully saturated rings. The van der Waals surface area contributed by atoms with Crippen LogP contribution in [0, 0.1) is 20.8 Å². The fourth-order valence-corrected chi connectivity index (χ4v) is 3.59. The van der Waals surface area contributed by atoms with Crippen LogP contribution in [-0.2, 0) is 16.1 Å². The summed E-state index contributed by atoms with van der Waals surface area (Å²) in [5.41, 5.74) is 3.14. The van der Waals surface area contributed by atoms with Crippen LogP contribution in [-0.4, -0.2) is 72.8 Å². The Morgan fingerprint density at radius 2 is 1.67 bits per heavy atom. The van der Waals surface area contributed by atoms with E-state index in [0.717, 1.165) is 49.0 Å². The molecular weight excluding hydrogens is 380 g/mol. The number of carbonyl (C=O) groups excluding carboxylic acids is 2. The molecule has 0 unspecified atom stereocenters. The fraction of sp³-hybridized carbons (Fsp3) is 0.478. The minimum absolute atomic E-state index is 0.00158. The van der Waals surface area contributed by atoms with Gasteiger partial charge in [-0.3, -0.25) is 19.4 Å². The van der Waals surface area contributed by atoms with Crippen LogP contribution >= 0.6 is 0 Å². The van der Waals surface area contributed by atoms with Gasteiger partial charge in [0.05, 0.1) is 19.6 Å². The smallest absolute Gasteiger partial charge is 0.238 e. The largest absolute Gasteiger partial charge is 0.464 e. The molecule has 162 valence electrons. The van der Waals surface area contributed by atoms with Gasteiger partial charge in [0.1, 0.15) is 11.5 Å². The number of carbonyl (C=O) groups is 2. The minimum atomic E-state index is 0.00158. The average molecular weight is 413 g/mol. The van der Waals surface area contributed by atoms with Gasteiger partial charge in [0, 0.05) is 38.9 Å². The maximum atomic E-state index is 12.5. The molecule has 3 rings (SSSR count). The lowest BCUT2D eigenvalue weighted by molar-refractivity contribution is -0.132. The van der Waals surface area contributed by atoms with Crippen LogP contribution in [0.15, 0.2) is 34.7 Å². The number of anilines is 1. The van der Waals surface area contributed by atoms with Crippen molar-refractivity contribution in [3.63, 3.8) is 0 Å². The van der Waals surface area contributed by atoms with Crippen LogP contribution in [0.5, 0.6) is 0 Å². The van der Waals surface area contributed by atoms with Crippen LogP contribution < -0.4 is 5.32 Å². The summed E-state index contributed by atoms with van der Waals surface area (Å²) in [6.45, 7) is 10.3. The number of hydrogen-bond donors (Lipinski definition) is 1. The molecule has 0 radical (unpaired) electrons. The number of benzene rings is 1. The van der Waals surface area contributed by atoms with Gasteiger partial charge in [-0.05, 0) is 50.1 Å². The molecule has 2 heterocycles. The average Bonchev–Trinajstić information content (AvgIpc) is 3.11. The highest BCUT2D eigenvalue weighted by Gasteiger charge is 2.22. The first-order valence-corrected chi connectivity index (χ1v) is 10.4. The first kappa shape index (κ1) is 22.1. The Morgan fingerprint density at radius 3 is 2.30 bits per heavy atom. The van der Waals surface area contributed by atoms with E-state index < -0.39 is 0 Å². The first-order valence-electron chi connectivity index (χ1n) is 10.4. The molecule has 0 atom stereocenters. The van der Waals surface area contributed by atoms with Gasteiger partial charge >= 0.3 is 0 Å². The van der Waals surface area contributed by atoms with Gasteiger partial charge < -0.3 is 14.6 Å². The molecule has 0 aliphatic carbocycles. The molecule has 1 N–H and O–H groups in total. The van der Waals surface area contributed by atoms with E-state index >= 15 is 0 Å². The lowest BCUT2D eigenvalue weighted by atomic mass is 10.1. The molecule has 0 spiro atoms. The van der Waals surface area contributed by atoms with Crippen molar-refractivity contribution in [1.82, 2.24) is 14.7 Å². The number of hydrogen-bond acceptors (Lipinski definition) is 5. The van der Waals surface area contributed by atoms with E-state index in [9.17, 15) is 9.59 Å². The predicted molar refractivity (Wildman–Crippen MR) is 117 cm³/mol. The Hall–Kier alpha value is -2.64. The number of nitrogens with one attached hydrogen (secondary N) is 1. The van der Waals surface area contributed by atoms with Crippen molar-refractivity contribution in [2.24, 2.45) is 0 Å².